The first-order valence-electron chi connectivity index (χ1n) is 5.29. The van der Waals surface area contributed by atoms with Crippen LogP contribution in [-0.4, -0.2) is 13.4 Å². The number of anilines is 2. The first kappa shape index (κ1) is 12.4. The fourth-order valence-electron chi connectivity index (χ4n) is 1.48. The number of nitrogen functional groups attached to an aromatic ring is 1. The molecule has 0 atom stereocenters. The predicted molar refractivity (Wildman–Crippen MR) is 70.6 cm³/mol. The Kier molecular flexibility index (Phi) is 3.20. The van der Waals surface area contributed by atoms with Crippen molar-refractivity contribution < 1.29 is 8.42 Å². The lowest BCUT2D eigenvalue weighted by Gasteiger charge is -2.08. The number of pyridine rings is 1. The molecule has 0 aliphatic rings. The lowest BCUT2D eigenvalue weighted by molar-refractivity contribution is 0.601. The molecule has 2 rings (SSSR count). The summed E-state index contributed by atoms with van der Waals surface area (Å²) in [6, 6.07) is 11.2. The summed E-state index contributed by atoms with van der Waals surface area (Å²) in [6.45, 7) is 1.79. The molecule has 0 radical (unpaired) electrons. The van der Waals surface area contributed by atoms with Crippen LogP contribution >= 0.6 is 0 Å². The number of hydrogen-bond acceptors (Lipinski definition) is 4. The second kappa shape index (κ2) is 4.66. The highest BCUT2D eigenvalue weighted by Gasteiger charge is 2.14. The van der Waals surface area contributed by atoms with E-state index in [1.807, 2.05) is 0 Å². The van der Waals surface area contributed by atoms with Crippen molar-refractivity contribution in [2.75, 3.05) is 10.5 Å². The summed E-state index contributed by atoms with van der Waals surface area (Å²) in [5, 5.41) is 0. The molecule has 0 aliphatic heterocycles. The fraction of sp³-hybridized carbons (Fsp3) is 0.0833. The zero-order valence-corrected chi connectivity index (χ0v) is 10.6. The van der Waals surface area contributed by atoms with Gasteiger partial charge in [0, 0.05) is 11.4 Å². The SMILES string of the molecule is Cc1cccc(NS(=O)(=O)c2cccc(N)c2)n1. The van der Waals surface area contributed by atoms with Crippen LogP contribution in [0.4, 0.5) is 11.5 Å². The summed E-state index contributed by atoms with van der Waals surface area (Å²) in [6.07, 6.45) is 0. The monoisotopic (exact) mass is 263 g/mol. The third kappa shape index (κ3) is 2.78. The lowest BCUT2D eigenvalue weighted by Crippen LogP contribution is -2.14. The van der Waals surface area contributed by atoms with Crippen molar-refractivity contribution in [1.82, 2.24) is 4.98 Å². The standard InChI is InChI=1S/C12H13N3O2S/c1-9-4-2-7-12(14-9)15-18(16,17)11-6-3-5-10(13)8-11/h2-8H,13H2,1H3,(H,14,15). The number of nitrogens with one attached hydrogen (secondary N) is 1. The molecule has 2 aromatic rings. The molecular weight excluding hydrogens is 250 g/mol. The number of aromatic nitrogens is 1. The zero-order valence-electron chi connectivity index (χ0n) is 9.79. The highest BCUT2D eigenvalue weighted by molar-refractivity contribution is 7.92. The van der Waals surface area contributed by atoms with Crippen molar-refractivity contribution in [2.24, 2.45) is 0 Å². The quantitative estimate of drug-likeness (QED) is 0.826. The highest BCUT2D eigenvalue weighted by atomic mass is 32.2. The molecule has 0 saturated heterocycles. The second-order valence-corrected chi connectivity index (χ2v) is 5.52. The van der Waals surface area contributed by atoms with Crippen molar-refractivity contribution in [3.8, 4) is 0 Å². The van der Waals surface area contributed by atoms with E-state index >= 15 is 0 Å². The molecule has 0 amide bonds. The van der Waals surface area contributed by atoms with Gasteiger partial charge < -0.3 is 5.73 Å². The second-order valence-electron chi connectivity index (χ2n) is 3.84. The van der Waals surface area contributed by atoms with E-state index < -0.39 is 10.0 Å². The van der Waals surface area contributed by atoms with E-state index in [2.05, 4.69) is 9.71 Å². The number of nitrogens with two attached hydrogens (primary N) is 1. The minimum atomic E-state index is -3.65. The molecule has 0 aliphatic carbocycles. The molecule has 5 nitrogen and oxygen atoms in total. The van der Waals surface area contributed by atoms with E-state index in [1.54, 1.807) is 37.3 Å². The van der Waals surface area contributed by atoms with Crippen molar-refractivity contribution in [3.05, 3.63) is 48.2 Å². The number of sulfonamides is 1. The number of aryl methyl sites for hydroxylation is 1. The Bertz CT molecular complexity index is 669. The van der Waals surface area contributed by atoms with Gasteiger partial charge in [-0.1, -0.05) is 12.1 Å². The third-order valence-electron chi connectivity index (χ3n) is 2.30. The van der Waals surface area contributed by atoms with Gasteiger partial charge >= 0.3 is 0 Å². The van der Waals surface area contributed by atoms with E-state index in [9.17, 15) is 8.42 Å². The summed E-state index contributed by atoms with van der Waals surface area (Å²) >= 11 is 0. The molecule has 6 heteroatoms. The fourth-order valence-corrected chi connectivity index (χ4v) is 2.53. The third-order valence-corrected chi connectivity index (χ3v) is 3.65. The number of nitrogens with zero attached hydrogens (tertiary/aromatic N) is 1. The normalized spacial score (nSPS) is 11.2. The topological polar surface area (TPSA) is 85.1 Å². The van der Waals surface area contributed by atoms with Gasteiger partial charge in [0.2, 0.25) is 0 Å². The van der Waals surface area contributed by atoms with Crippen LogP contribution in [-0.2, 0) is 10.0 Å². The Morgan fingerprint density at radius 3 is 2.56 bits per heavy atom. The van der Waals surface area contributed by atoms with Gasteiger partial charge in [-0.05, 0) is 37.3 Å². The van der Waals surface area contributed by atoms with Crippen LogP contribution < -0.4 is 10.5 Å². The van der Waals surface area contributed by atoms with Crippen LogP contribution in [0.15, 0.2) is 47.4 Å². The minimum absolute atomic E-state index is 0.116. The van der Waals surface area contributed by atoms with Gasteiger partial charge in [0.15, 0.2) is 0 Å². The van der Waals surface area contributed by atoms with Crippen LogP contribution in [0, 0.1) is 6.92 Å². The smallest absolute Gasteiger partial charge is 0.263 e. The maximum atomic E-state index is 12.1. The molecule has 0 saturated carbocycles. The molecule has 3 N–H and O–H groups in total. The number of benzene rings is 1. The molecule has 0 fully saturated rings. The van der Waals surface area contributed by atoms with Gasteiger partial charge in [-0.25, -0.2) is 13.4 Å². The van der Waals surface area contributed by atoms with Gasteiger partial charge in [-0.15, -0.1) is 0 Å². The Hall–Kier alpha value is -2.08. The predicted octanol–water partition coefficient (Wildman–Crippen LogP) is 1.77. The number of rotatable bonds is 3. The van der Waals surface area contributed by atoms with Crippen LogP contribution in [0.25, 0.3) is 0 Å². The molecule has 94 valence electrons. The zero-order chi connectivity index (χ0) is 13.2. The van der Waals surface area contributed by atoms with Crippen molar-refractivity contribution >= 4 is 21.5 Å². The summed E-state index contributed by atoms with van der Waals surface area (Å²) in [5.74, 6) is 0.289. The Morgan fingerprint density at radius 1 is 1.17 bits per heavy atom. The van der Waals surface area contributed by atoms with Crippen LogP contribution in [0.1, 0.15) is 5.69 Å². The van der Waals surface area contributed by atoms with E-state index in [0.717, 1.165) is 5.69 Å². The Labute approximate surface area is 106 Å². The molecule has 1 aromatic heterocycles. The summed E-state index contributed by atoms with van der Waals surface area (Å²) in [4.78, 5) is 4.20. The molecule has 1 aromatic carbocycles. The Balaban J connectivity index is 2.33. The van der Waals surface area contributed by atoms with E-state index in [1.165, 1.54) is 12.1 Å². The van der Waals surface area contributed by atoms with Crippen LogP contribution in [0.3, 0.4) is 0 Å². The van der Waals surface area contributed by atoms with Gasteiger partial charge in [-0.3, -0.25) is 4.72 Å². The average molecular weight is 263 g/mol. The van der Waals surface area contributed by atoms with Gasteiger partial charge in [0.25, 0.3) is 10.0 Å². The van der Waals surface area contributed by atoms with Crippen molar-refractivity contribution in [3.63, 3.8) is 0 Å². The van der Waals surface area contributed by atoms with Crippen LogP contribution in [0.5, 0.6) is 0 Å². The Morgan fingerprint density at radius 2 is 1.89 bits per heavy atom. The van der Waals surface area contributed by atoms with E-state index in [4.69, 9.17) is 5.73 Å². The highest BCUT2D eigenvalue weighted by Crippen LogP contribution is 2.16. The summed E-state index contributed by atoms with van der Waals surface area (Å²) in [5.41, 5.74) is 6.70. The first-order valence-corrected chi connectivity index (χ1v) is 6.78. The van der Waals surface area contributed by atoms with Gasteiger partial charge in [0.1, 0.15) is 5.82 Å². The minimum Gasteiger partial charge on any atom is -0.399 e. The summed E-state index contributed by atoms with van der Waals surface area (Å²) < 4.78 is 26.5. The molecule has 0 bridgehead atoms. The van der Waals surface area contributed by atoms with Gasteiger partial charge in [-0.2, -0.15) is 0 Å². The van der Waals surface area contributed by atoms with E-state index in [-0.39, 0.29) is 10.7 Å². The largest absolute Gasteiger partial charge is 0.399 e. The van der Waals surface area contributed by atoms with Gasteiger partial charge in [0.05, 0.1) is 4.90 Å². The summed E-state index contributed by atoms with van der Waals surface area (Å²) in [7, 11) is -3.65. The van der Waals surface area contributed by atoms with E-state index in [0.29, 0.717) is 5.69 Å². The molecular formula is C12H13N3O2S. The van der Waals surface area contributed by atoms with Crippen LogP contribution in [0.2, 0.25) is 0 Å². The molecule has 1 heterocycles. The average Bonchev–Trinajstić information content (AvgIpc) is 2.28. The first-order chi connectivity index (χ1) is 8.47. The van der Waals surface area contributed by atoms with Crippen molar-refractivity contribution in [2.45, 2.75) is 11.8 Å². The maximum absolute atomic E-state index is 12.1. The van der Waals surface area contributed by atoms with Crippen molar-refractivity contribution in [1.29, 1.82) is 0 Å². The maximum Gasteiger partial charge on any atom is 0.263 e. The molecule has 0 unspecified atom stereocenters. The molecule has 0 spiro atoms. The molecule has 18 heavy (non-hydrogen) atoms. The number of hydrogen-bond donors (Lipinski definition) is 2. The lowest BCUT2D eigenvalue weighted by atomic mass is 10.3.